The van der Waals surface area contributed by atoms with Gasteiger partial charge < -0.3 is 14.6 Å². The van der Waals surface area contributed by atoms with E-state index in [2.05, 4.69) is 5.32 Å². The lowest BCUT2D eigenvalue weighted by Crippen LogP contribution is -2.48. The second kappa shape index (κ2) is 4.66. The highest BCUT2D eigenvalue weighted by Gasteiger charge is 2.20. The van der Waals surface area contributed by atoms with Crippen molar-refractivity contribution in [1.29, 1.82) is 0 Å². The van der Waals surface area contributed by atoms with E-state index in [0.29, 0.717) is 18.8 Å². The number of carbonyl (C=O) groups excluding carboxylic acids is 1. The summed E-state index contributed by atoms with van der Waals surface area (Å²) in [6.45, 7) is 1.23. The number of nitrogens with one attached hydrogen (secondary N) is 1. The third-order valence-corrected chi connectivity index (χ3v) is 2.98. The molecule has 2 heterocycles. The van der Waals surface area contributed by atoms with E-state index in [9.17, 15) is 4.79 Å². The van der Waals surface area contributed by atoms with Crippen LogP contribution in [0.4, 0.5) is 0 Å². The predicted molar refractivity (Wildman–Crippen MR) is 67.8 cm³/mol. The quantitative estimate of drug-likeness (QED) is 0.888. The van der Waals surface area contributed by atoms with Crippen LogP contribution in [0.15, 0.2) is 48.8 Å². The van der Waals surface area contributed by atoms with Crippen LogP contribution in [0.5, 0.6) is 0 Å². The van der Waals surface area contributed by atoms with Crippen LogP contribution in [-0.4, -0.2) is 29.7 Å². The first-order valence-corrected chi connectivity index (χ1v) is 5.95. The number of hydrogen-bond donors (Lipinski definition) is 1. The van der Waals surface area contributed by atoms with Gasteiger partial charge in [0.25, 0.3) is 5.91 Å². The van der Waals surface area contributed by atoms with Crippen molar-refractivity contribution in [2.45, 2.75) is 6.04 Å². The van der Waals surface area contributed by atoms with E-state index in [0.717, 1.165) is 5.69 Å². The fourth-order valence-electron chi connectivity index (χ4n) is 1.90. The summed E-state index contributed by atoms with van der Waals surface area (Å²) < 4.78 is 7.01. The topological polar surface area (TPSA) is 43.3 Å². The molecule has 0 bridgehead atoms. The smallest absolute Gasteiger partial charge is 0.251 e. The van der Waals surface area contributed by atoms with Crippen molar-refractivity contribution in [1.82, 2.24) is 9.88 Å². The summed E-state index contributed by atoms with van der Waals surface area (Å²) in [5, 5.41) is 2.93. The van der Waals surface area contributed by atoms with Gasteiger partial charge in [-0.2, -0.15) is 0 Å². The van der Waals surface area contributed by atoms with Crippen molar-refractivity contribution in [3.63, 3.8) is 0 Å². The summed E-state index contributed by atoms with van der Waals surface area (Å²) in [5.74, 6) is -0.0442. The van der Waals surface area contributed by atoms with Gasteiger partial charge >= 0.3 is 0 Å². The first-order chi connectivity index (χ1) is 8.83. The van der Waals surface area contributed by atoms with E-state index in [4.69, 9.17) is 4.74 Å². The molecule has 18 heavy (non-hydrogen) atoms. The van der Waals surface area contributed by atoms with Gasteiger partial charge in [-0.3, -0.25) is 4.79 Å². The molecule has 0 radical (unpaired) electrons. The van der Waals surface area contributed by atoms with Crippen LogP contribution in [0.3, 0.4) is 0 Å². The van der Waals surface area contributed by atoms with E-state index in [-0.39, 0.29) is 11.9 Å². The molecule has 1 fully saturated rings. The van der Waals surface area contributed by atoms with Crippen molar-refractivity contribution >= 4 is 5.91 Å². The van der Waals surface area contributed by atoms with Crippen molar-refractivity contribution in [3.8, 4) is 5.69 Å². The third kappa shape index (κ3) is 2.15. The van der Waals surface area contributed by atoms with Crippen LogP contribution in [0, 0.1) is 0 Å². The number of carbonyl (C=O) groups is 1. The Hall–Kier alpha value is -2.07. The van der Waals surface area contributed by atoms with Gasteiger partial charge in [0, 0.05) is 23.6 Å². The predicted octanol–water partition coefficient (Wildman–Crippen LogP) is 1.61. The number of rotatable bonds is 3. The number of amides is 1. The minimum atomic E-state index is -0.0442. The van der Waals surface area contributed by atoms with Crippen molar-refractivity contribution in [3.05, 3.63) is 54.4 Å². The lowest BCUT2D eigenvalue weighted by molar-refractivity contribution is -0.00346. The van der Waals surface area contributed by atoms with E-state index in [1.165, 1.54) is 0 Å². The molecule has 0 unspecified atom stereocenters. The largest absolute Gasteiger partial charge is 0.377 e. The highest BCUT2D eigenvalue weighted by atomic mass is 16.5. The van der Waals surface area contributed by atoms with E-state index in [1.807, 2.05) is 53.4 Å². The third-order valence-electron chi connectivity index (χ3n) is 2.98. The Morgan fingerprint density at radius 2 is 2.00 bits per heavy atom. The zero-order valence-electron chi connectivity index (χ0n) is 9.87. The number of hydrogen-bond acceptors (Lipinski definition) is 2. The highest BCUT2D eigenvalue weighted by molar-refractivity contribution is 5.95. The van der Waals surface area contributed by atoms with Gasteiger partial charge in [0.2, 0.25) is 0 Å². The molecule has 1 aliphatic rings. The molecular formula is C14H14N2O2. The first-order valence-electron chi connectivity index (χ1n) is 5.95. The van der Waals surface area contributed by atoms with Crippen LogP contribution < -0.4 is 5.32 Å². The zero-order valence-corrected chi connectivity index (χ0v) is 9.87. The average molecular weight is 242 g/mol. The Morgan fingerprint density at radius 1 is 1.22 bits per heavy atom. The maximum atomic E-state index is 12.0. The Bertz CT molecular complexity index is 545. The van der Waals surface area contributed by atoms with Gasteiger partial charge in [-0.05, 0) is 30.3 Å². The molecule has 0 spiro atoms. The molecular weight excluding hydrogens is 228 g/mol. The summed E-state index contributed by atoms with van der Waals surface area (Å²) in [4.78, 5) is 12.0. The molecule has 1 saturated heterocycles. The summed E-state index contributed by atoms with van der Waals surface area (Å²) in [6, 6.07) is 11.6. The van der Waals surface area contributed by atoms with Crippen LogP contribution >= 0.6 is 0 Å². The van der Waals surface area contributed by atoms with Crippen LogP contribution in [0.2, 0.25) is 0 Å². The molecule has 3 rings (SSSR count). The molecule has 0 atom stereocenters. The first kappa shape index (κ1) is 11.0. The average Bonchev–Trinajstić information content (AvgIpc) is 2.87. The van der Waals surface area contributed by atoms with Gasteiger partial charge in [-0.15, -0.1) is 0 Å². The van der Waals surface area contributed by atoms with Crippen molar-refractivity contribution in [2.24, 2.45) is 0 Å². The van der Waals surface area contributed by atoms with Crippen LogP contribution in [-0.2, 0) is 4.74 Å². The Kier molecular flexibility index (Phi) is 2.86. The summed E-state index contributed by atoms with van der Waals surface area (Å²) in [5.41, 5.74) is 1.66. The molecule has 1 N–H and O–H groups in total. The minimum Gasteiger partial charge on any atom is -0.377 e. The highest BCUT2D eigenvalue weighted by Crippen LogP contribution is 2.11. The fraction of sp³-hybridized carbons (Fsp3) is 0.214. The number of benzene rings is 1. The molecule has 2 aromatic rings. The molecule has 1 aromatic heterocycles. The van der Waals surface area contributed by atoms with E-state index >= 15 is 0 Å². The Balaban J connectivity index is 1.79. The molecule has 1 amide bonds. The molecule has 4 nitrogen and oxygen atoms in total. The van der Waals surface area contributed by atoms with E-state index in [1.54, 1.807) is 0 Å². The lowest BCUT2D eigenvalue weighted by atomic mass is 10.1. The van der Waals surface area contributed by atoms with Crippen LogP contribution in [0.25, 0.3) is 5.69 Å². The zero-order chi connectivity index (χ0) is 12.4. The van der Waals surface area contributed by atoms with Gasteiger partial charge in [0.15, 0.2) is 0 Å². The summed E-state index contributed by atoms with van der Waals surface area (Å²) in [7, 11) is 0. The SMILES string of the molecule is O=C(NC1COC1)c1cccc(-n2cccc2)c1. The maximum absolute atomic E-state index is 12.0. The molecule has 0 aliphatic carbocycles. The standard InChI is InChI=1S/C14H14N2O2/c17-14(15-12-9-18-10-12)11-4-3-5-13(8-11)16-6-1-2-7-16/h1-8,12H,9-10H2,(H,15,17). The van der Waals surface area contributed by atoms with Gasteiger partial charge in [0.1, 0.15) is 0 Å². The van der Waals surface area contributed by atoms with Crippen LogP contribution in [0.1, 0.15) is 10.4 Å². The van der Waals surface area contributed by atoms with E-state index < -0.39 is 0 Å². The Morgan fingerprint density at radius 3 is 2.67 bits per heavy atom. The number of aromatic nitrogens is 1. The van der Waals surface area contributed by atoms with Crippen molar-refractivity contribution in [2.75, 3.05) is 13.2 Å². The number of ether oxygens (including phenoxy) is 1. The fourth-order valence-corrected chi connectivity index (χ4v) is 1.90. The molecule has 4 heteroatoms. The van der Waals surface area contributed by atoms with Gasteiger partial charge in [0.05, 0.1) is 19.3 Å². The summed E-state index contributed by atoms with van der Waals surface area (Å²) >= 11 is 0. The second-order valence-electron chi connectivity index (χ2n) is 4.35. The maximum Gasteiger partial charge on any atom is 0.251 e. The molecule has 1 aromatic carbocycles. The van der Waals surface area contributed by atoms with Gasteiger partial charge in [-0.25, -0.2) is 0 Å². The second-order valence-corrected chi connectivity index (χ2v) is 4.35. The molecule has 1 aliphatic heterocycles. The summed E-state index contributed by atoms with van der Waals surface area (Å²) in [6.07, 6.45) is 3.91. The Labute approximate surface area is 105 Å². The minimum absolute atomic E-state index is 0.0442. The van der Waals surface area contributed by atoms with Crippen molar-refractivity contribution < 1.29 is 9.53 Å². The number of nitrogens with zero attached hydrogens (tertiary/aromatic N) is 1. The molecule has 0 saturated carbocycles. The normalized spacial score (nSPS) is 15.1. The van der Waals surface area contributed by atoms with Gasteiger partial charge in [-0.1, -0.05) is 6.07 Å². The molecule has 92 valence electrons. The lowest BCUT2D eigenvalue weighted by Gasteiger charge is -2.26. The monoisotopic (exact) mass is 242 g/mol.